The number of nitrogens with two attached hydrogens (primary N) is 1. The van der Waals surface area contributed by atoms with Gasteiger partial charge in [-0.3, -0.25) is 0 Å². The van der Waals surface area contributed by atoms with Gasteiger partial charge in [0.2, 0.25) is 0 Å². The molecule has 2 N–H and O–H groups in total. The van der Waals surface area contributed by atoms with E-state index in [0.717, 1.165) is 9.48 Å². The third kappa shape index (κ3) is 1.47. The Morgan fingerprint density at radius 3 is 2.67 bits per heavy atom. The number of halogens is 1. The van der Waals surface area contributed by atoms with Gasteiger partial charge in [0.25, 0.3) is 0 Å². The maximum atomic E-state index is 5.53. The molecule has 0 radical (unpaired) electrons. The van der Waals surface area contributed by atoms with Crippen LogP contribution < -0.4 is 5.73 Å². The minimum absolute atomic E-state index is 0.0295. The Morgan fingerprint density at radius 1 is 1.78 bits per heavy atom. The molecule has 0 aliphatic carbocycles. The minimum Gasteiger partial charge on any atom is -0.323 e. The summed E-state index contributed by atoms with van der Waals surface area (Å²) < 4.78 is 4.64. The molecule has 0 saturated carbocycles. The highest BCUT2D eigenvalue weighted by Crippen LogP contribution is 2.22. The molecular formula is C4H6BrN3S. The van der Waals surface area contributed by atoms with Gasteiger partial charge in [-0.15, -0.1) is 5.10 Å². The van der Waals surface area contributed by atoms with E-state index in [1.165, 1.54) is 11.5 Å². The standard InChI is InChI=1S/C4H6BrN3S/c1-2(6)3-4(5)9-8-7-3/h2H,6H2,1H3. The number of aromatic nitrogens is 2. The van der Waals surface area contributed by atoms with Gasteiger partial charge in [0, 0.05) is 6.04 Å². The Hall–Kier alpha value is -0.000000000000000111. The van der Waals surface area contributed by atoms with E-state index in [9.17, 15) is 0 Å². The van der Waals surface area contributed by atoms with Crippen molar-refractivity contribution in [3.63, 3.8) is 0 Å². The fourth-order valence-corrected chi connectivity index (χ4v) is 1.61. The third-order valence-electron chi connectivity index (χ3n) is 0.902. The summed E-state index contributed by atoms with van der Waals surface area (Å²) in [5.41, 5.74) is 6.37. The highest BCUT2D eigenvalue weighted by Gasteiger charge is 2.07. The Labute approximate surface area is 65.6 Å². The summed E-state index contributed by atoms with van der Waals surface area (Å²) in [6, 6.07) is -0.0295. The fourth-order valence-electron chi connectivity index (χ4n) is 0.456. The molecule has 1 aromatic heterocycles. The first-order valence-corrected chi connectivity index (χ1v) is 4.02. The Kier molecular flexibility index (Phi) is 2.15. The van der Waals surface area contributed by atoms with Gasteiger partial charge >= 0.3 is 0 Å². The first kappa shape index (κ1) is 7.11. The normalized spacial score (nSPS) is 13.7. The molecule has 0 amide bonds. The molecule has 1 aromatic rings. The van der Waals surface area contributed by atoms with Crippen LogP contribution in [-0.2, 0) is 0 Å². The summed E-state index contributed by atoms with van der Waals surface area (Å²) in [5.74, 6) is 0. The van der Waals surface area contributed by atoms with Crippen molar-refractivity contribution in [1.82, 2.24) is 9.59 Å². The topological polar surface area (TPSA) is 51.8 Å². The molecule has 0 saturated heterocycles. The van der Waals surface area contributed by atoms with Gasteiger partial charge in [-0.05, 0) is 34.4 Å². The van der Waals surface area contributed by atoms with Crippen molar-refractivity contribution in [1.29, 1.82) is 0 Å². The second-order valence-corrected chi connectivity index (χ2v) is 3.79. The van der Waals surface area contributed by atoms with Crippen LogP contribution in [0.1, 0.15) is 18.7 Å². The second kappa shape index (κ2) is 2.72. The van der Waals surface area contributed by atoms with Crippen LogP contribution in [0, 0.1) is 0 Å². The molecule has 9 heavy (non-hydrogen) atoms. The van der Waals surface area contributed by atoms with E-state index >= 15 is 0 Å². The number of nitrogens with zero attached hydrogens (tertiary/aromatic N) is 2. The van der Waals surface area contributed by atoms with Gasteiger partial charge in [-0.25, -0.2) is 0 Å². The lowest BCUT2D eigenvalue weighted by atomic mass is 10.3. The molecule has 50 valence electrons. The minimum atomic E-state index is -0.0295. The number of hydrogen-bond acceptors (Lipinski definition) is 4. The molecule has 1 rings (SSSR count). The lowest BCUT2D eigenvalue weighted by Gasteiger charge is -1.96. The smallest absolute Gasteiger partial charge is 0.116 e. The zero-order chi connectivity index (χ0) is 6.85. The highest BCUT2D eigenvalue weighted by molar-refractivity contribution is 9.11. The maximum Gasteiger partial charge on any atom is 0.116 e. The largest absolute Gasteiger partial charge is 0.323 e. The van der Waals surface area contributed by atoms with Crippen molar-refractivity contribution in [3.8, 4) is 0 Å². The molecule has 5 heteroatoms. The van der Waals surface area contributed by atoms with Crippen LogP contribution in [-0.4, -0.2) is 9.59 Å². The van der Waals surface area contributed by atoms with E-state index in [2.05, 4.69) is 25.5 Å². The van der Waals surface area contributed by atoms with Crippen LogP contribution in [0.5, 0.6) is 0 Å². The van der Waals surface area contributed by atoms with Crippen LogP contribution in [0.15, 0.2) is 3.79 Å². The van der Waals surface area contributed by atoms with Crippen LogP contribution in [0.3, 0.4) is 0 Å². The van der Waals surface area contributed by atoms with Crippen LogP contribution in [0.25, 0.3) is 0 Å². The molecular weight excluding hydrogens is 202 g/mol. The fraction of sp³-hybridized carbons (Fsp3) is 0.500. The van der Waals surface area contributed by atoms with E-state index in [0.29, 0.717) is 0 Å². The first-order chi connectivity index (χ1) is 4.22. The van der Waals surface area contributed by atoms with E-state index in [-0.39, 0.29) is 6.04 Å². The molecule has 0 aliphatic heterocycles. The quantitative estimate of drug-likeness (QED) is 0.757. The number of hydrogen-bond donors (Lipinski definition) is 1. The lowest BCUT2D eigenvalue weighted by molar-refractivity contribution is 0.769. The first-order valence-electron chi connectivity index (χ1n) is 2.45. The summed E-state index contributed by atoms with van der Waals surface area (Å²) in [7, 11) is 0. The third-order valence-corrected chi connectivity index (χ3v) is 2.28. The Balaban J connectivity index is 2.94. The molecule has 0 aromatic carbocycles. The van der Waals surface area contributed by atoms with Crippen molar-refractivity contribution in [2.75, 3.05) is 0 Å². The van der Waals surface area contributed by atoms with E-state index < -0.39 is 0 Å². The molecule has 1 unspecified atom stereocenters. The summed E-state index contributed by atoms with van der Waals surface area (Å²) in [4.78, 5) is 0. The summed E-state index contributed by atoms with van der Waals surface area (Å²) in [5, 5.41) is 3.81. The van der Waals surface area contributed by atoms with E-state index in [1.54, 1.807) is 0 Å². The van der Waals surface area contributed by atoms with Gasteiger partial charge in [-0.1, -0.05) is 4.49 Å². The van der Waals surface area contributed by atoms with Crippen molar-refractivity contribution in [3.05, 3.63) is 9.48 Å². The molecule has 0 bridgehead atoms. The zero-order valence-electron chi connectivity index (χ0n) is 4.84. The second-order valence-electron chi connectivity index (χ2n) is 1.72. The van der Waals surface area contributed by atoms with E-state index in [4.69, 9.17) is 5.73 Å². The zero-order valence-corrected chi connectivity index (χ0v) is 7.24. The molecule has 1 atom stereocenters. The summed E-state index contributed by atoms with van der Waals surface area (Å²) in [6.07, 6.45) is 0. The predicted molar refractivity (Wildman–Crippen MR) is 40.2 cm³/mol. The molecule has 0 fully saturated rings. The van der Waals surface area contributed by atoms with Gasteiger partial charge < -0.3 is 5.73 Å². The van der Waals surface area contributed by atoms with Gasteiger partial charge in [0.05, 0.1) is 0 Å². The lowest BCUT2D eigenvalue weighted by Crippen LogP contribution is -2.05. The van der Waals surface area contributed by atoms with Gasteiger partial charge in [-0.2, -0.15) is 0 Å². The highest BCUT2D eigenvalue weighted by atomic mass is 79.9. The van der Waals surface area contributed by atoms with Crippen LogP contribution in [0.4, 0.5) is 0 Å². The van der Waals surface area contributed by atoms with E-state index in [1.807, 2.05) is 6.92 Å². The number of rotatable bonds is 1. The molecule has 1 heterocycles. The molecule has 0 spiro atoms. The van der Waals surface area contributed by atoms with Crippen LogP contribution >= 0.6 is 27.5 Å². The maximum absolute atomic E-state index is 5.53. The Morgan fingerprint density at radius 2 is 2.44 bits per heavy atom. The Bertz CT molecular complexity index is 197. The van der Waals surface area contributed by atoms with Gasteiger partial charge in [0.1, 0.15) is 9.48 Å². The summed E-state index contributed by atoms with van der Waals surface area (Å²) >= 11 is 4.59. The monoisotopic (exact) mass is 207 g/mol. The average molecular weight is 208 g/mol. The van der Waals surface area contributed by atoms with Crippen LogP contribution in [0.2, 0.25) is 0 Å². The van der Waals surface area contributed by atoms with Crippen molar-refractivity contribution >= 4 is 27.5 Å². The SMILES string of the molecule is CC(N)c1nnsc1Br. The van der Waals surface area contributed by atoms with Gasteiger partial charge in [0.15, 0.2) is 0 Å². The molecule has 3 nitrogen and oxygen atoms in total. The van der Waals surface area contributed by atoms with Crippen molar-refractivity contribution < 1.29 is 0 Å². The average Bonchev–Trinajstić information content (AvgIpc) is 2.13. The summed E-state index contributed by atoms with van der Waals surface area (Å²) in [6.45, 7) is 1.88. The van der Waals surface area contributed by atoms with Crippen molar-refractivity contribution in [2.24, 2.45) is 5.73 Å². The van der Waals surface area contributed by atoms with Crippen molar-refractivity contribution in [2.45, 2.75) is 13.0 Å². The molecule has 0 aliphatic rings. The predicted octanol–water partition coefficient (Wildman–Crippen LogP) is 1.32.